The van der Waals surface area contributed by atoms with E-state index in [4.69, 9.17) is 16.0 Å². The van der Waals surface area contributed by atoms with Gasteiger partial charge < -0.3 is 9.73 Å². The zero-order valence-electron chi connectivity index (χ0n) is 8.56. The fraction of sp³-hybridized carbons (Fsp3) is 0.500. The van der Waals surface area contributed by atoms with Gasteiger partial charge in [-0.25, -0.2) is 0 Å². The highest BCUT2D eigenvalue weighted by molar-refractivity contribution is 6.29. The van der Waals surface area contributed by atoms with Crippen molar-refractivity contribution in [1.29, 1.82) is 0 Å². The van der Waals surface area contributed by atoms with Crippen LogP contribution in [0.4, 0.5) is 0 Å². The minimum Gasteiger partial charge on any atom is -0.440 e. The van der Waals surface area contributed by atoms with E-state index in [9.17, 15) is 4.79 Å². The first-order chi connectivity index (χ1) is 6.44. The fourth-order valence-corrected chi connectivity index (χ4v) is 1.04. The molecule has 4 heteroatoms. The number of amides is 1. The number of carbonyl (C=O) groups excluding carboxylic acids is 1. The SMILES string of the molecule is CCC(C)(C)NC(=O)c1ccc(Cl)o1. The highest BCUT2D eigenvalue weighted by Crippen LogP contribution is 2.15. The summed E-state index contributed by atoms with van der Waals surface area (Å²) in [4.78, 5) is 11.6. The Morgan fingerprint density at radius 3 is 2.64 bits per heavy atom. The second-order valence-electron chi connectivity index (χ2n) is 3.80. The van der Waals surface area contributed by atoms with Crippen LogP contribution in [0.5, 0.6) is 0 Å². The van der Waals surface area contributed by atoms with E-state index in [1.54, 1.807) is 12.1 Å². The van der Waals surface area contributed by atoms with Gasteiger partial charge in [-0.1, -0.05) is 6.92 Å². The van der Waals surface area contributed by atoms with Crippen LogP contribution < -0.4 is 5.32 Å². The molecule has 1 N–H and O–H groups in total. The van der Waals surface area contributed by atoms with Gasteiger partial charge in [0.05, 0.1) is 0 Å². The average molecular weight is 216 g/mol. The first-order valence-electron chi connectivity index (χ1n) is 4.52. The summed E-state index contributed by atoms with van der Waals surface area (Å²) in [5.74, 6) is 0.0141. The van der Waals surface area contributed by atoms with Crippen molar-refractivity contribution < 1.29 is 9.21 Å². The minimum atomic E-state index is -0.233. The highest BCUT2D eigenvalue weighted by Gasteiger charge is 2.20. The molecule has 1 amide bonds. The largest absolute Gasteiger partial charge is 0.440 e. The van der Waals surface area contributed by atoms with E-state index in [1.807, 2.05) is 20.8 Å². The Labute approximate surface area is 88.4 Å². The summed E-state index contributed by atoms with van der Waals surface area (Å²) in [7, 11) is 0. The zero-order chi connectivity index (χ0) is 10.8. The van der Waals surface area contributed by atoms with Gasteiger partial charge in [0, 0.05) is 5.54 Å². The van der Waals surface area contributed by atoms with Gasteiger partial charge in [0.2, 0.25) is 0 Å². The summed E-state index contributed by atoms with van der Waals surface area (Å²) < 4.78 is 4.99. The summed E-state index contributed by atoms with van der Waals surface area (Å²) in [6.45, 7) is 5.92. The third kappa shape index (κ3) is 2.77. The van der Waals surface area contributed by atoms with Gasteiger partial charge in [-0.05, 0) is 44.0 Å². The van der Waals surface area contributed by atoms with E-state index >= 15 is 0 Å². The molecule has 0 saturated heterocycles. The summed E-state index contributed by atoms with van der Waals surface area (Å²) in [6.07, 6.45) is 0.854. The molecule has 0 spiro atoms. The molecular weight excluding hydrogens is 202 g/mol. The molecule has 0 atom stereocenters. The first-order valence-corrected chi connectivity index (χ1v) is 4.90. The van der Waals surface area contributed by atoms with Gasteiger partial charge >= 0.3 is 0 Å². The molecule has 1 aromatic heterocycles. The van der Waals surface area contributed by atoms with Gasteiger partial charge in [0.1, 0.15) is 0 Å². The molecule has 1 heterocycles. The molecule has 1 aromatic rings. The number of halogens is 1. The second kappa shape index (κ2) is 4.05. The molecule has 0 saturated carbocycles. The maximum atomic E-state index is 11.6. The Kier molecular flexibility index (Phi) is 3.21. The lowest BCUT2D eigenvalue weighted by Crippen LogP contribution is -2.42. The van der Waals surface area contributed by atoms with Crippen LogP contribution in [0.1, 0.15) is 37.7 Å². The molecule has 0 fully saturated rings. The first kappa shape index (κ1) is 11.1. The Balaban J connectivity index is 2.68. The predicted octanol–water partition coefficient (Wildman–Crippen LogP) is 2.85. The number of nitrogens with one attached hydrogen (secondary N) is 1. The van der Waals surface area contributed by atoms with Crippen LogP contribution in [0.25, 0.3) is 0 Å². The number of hydrogen-bond acceptors (Lipinski definition) is 2. The fourth-order valence-electron chi connectivity index (χ4n) is 0.894. The van der Waals surface area contributed by atoms with Crippen LogP contribution in [-0.2, 0) is 0 Å². The lowest BCUT2D eigenvalue weighted by atomic mass is 10.0. The molecule has 0 aromatic carbocycles. The Bertz CT molecular complexity index is 331. The van der Waals surface area contributed by atoms with Crippen LogP contribution in [0, 0.1) is 0 Å². The third-order valence-electron chi connectivity index (χ3n) is 2.13. The maximum absolute atomic E-state index is 11.6. The molecule has 0 aliphatic heterocycles. The summed E-state index contributed by atoms with van der Waals surface area (Å²) in [5.41, 5.74) is -0.226. The summed E-state index contributed by atoms with van der Waals surface area (Å²) >= 11 is 5.56. The standard InChI is InChI=1S/C10H14ClNO2/c1-4-10(2,3)12-9(13)7-5-6-8(11)14-7/h5-6H,4H2,1-3H3,(H,12,13). The number of hydrogen-bond donors (Lipinski definition) is 1. The Morgan fingerprint density at radius 1 is 1.57 bits per heavy atom. The van der Waals surface area contributed by atoms with E-state index in [0.29, 0.717) is 0 Å². The molecule has 1 rings (SSSR count). The molecule has 0 bridgehead atoms. The van der Waals surface area contributed by atoms with Crippen molar-refractivity contribution in [3.8, 4) is 0 Å². The third-order valence-corrected chi connectivity index (χ3v) is 2.34. The normalized spacial score (nSPS) is 11.4. The van der Waals surface area contributed by atoms with Crippen LogP contribution in [0.15, 0.2) is 16.5 Å². The highest BCUT2D eigenvalue weighted by atomic mass is 35.5. The van der Waals surface area contributed by atoms with Crippen LogP contribution in [-0.4, -0.2) is 11.4 Å². The number of carbonyl (C=O) groups is 1. The van der Waals surface area contributed by atoms with Crippen molar-refractivity contribution >= 4 is 17.5 Å². The lowest BCUT2D eigenvalue weighted by Gasteiger charge is -2.23. The predicted molar refractivity (Wildman–Crippen MR) is 55.6 cm³/mol. The maximum Gasteiger partial charge on any atom is 0.287 e. The molecular formula is C10H14ClNO2. The topological polar surface area (TPSA) is 42.2 Å². The molecule has 0 unspecified atom stereocenters. The summed E-state index contributed by atoms with van der Waals surface area (Å²) in [5, 5.41) is 3.07. The number of rotatable bonds is 3. The molecule has 3 nitrogen and oxygen atoms in total. The van der Waals surface area contributed by atoms with Crippen molar-refractivity contribution in [3.63, 3.8) is 0 Å². The van der Waals surface area contributed by atoms with Gasteiger partial charge in [0.25, 0.3) is 5.91 Å². The lowest BCUT2D eigenvalue weighted by molar-refractivity contribution is 0.0883. The Morgan fingerprint density at radius 2 is 2.21 bits per heavy atom. The monoisotopic (exact) mass is 215 g/mol. The van der Waals surface area contributed by atoms with E-state index in [1.165, 1.54) is 0 Å². The quantitative estimate of drug-likeness (QED) is 0.843. The smallest absolute Gasteiger partial charge is 0.287 e. The van der Waals surface area contributed by atoms with Crippen LogP contribution in [0.3, 0.4) is 0 Å². The van der Waals surface area contributed by atoms with E-state index in [0.717, 1.165) is 6.42 Å². The minimum absolute atomic E-state index is 0.226. The van der Waals surface area contributed by atoms with E-state index in [-0.39, 0.29) is 22.4 Å². The van der Waals surface area contributed by atoms with Gasteiger partial charge in [0.15, 0.2) is 11.0 Å². The van der Waals surface area contributed by atoms with Crippen LogP contribution >= 0.6 is 11.6 Å². The molecule has 78 valence electrons. The van der Waals surface area contributed by atoms with Crippen molar-refractivity contribution in [1.82, 2.24) is 5.32 Å². The molecule has 0 radical (unpaired) electrons. The Hall–Kier alpha value is -0.960. The van der Waals surface area contributed by atoms with E-state index < -0.39 is 0 Å². The molecule has 0 aliphatic rings. The van der Waals surface area contributed by atoms with Gasteiger partial charge in [-0.15, -0.1) is 0 Å². The average Bonchev–Trinajstić information content (AvgIpc) is 2.51. The van der Waals surface area contributed by atoms with Crippen molar-refractivity contribution in [2.24, 2.45) is 0 Å². The van der Waals surface area contributed by atoms with Crippen molar-refractivity contribution in [3.05, 3.63) is 23.1 Å². The van der Waals surface area contributed by atoms with Gasteiger partial charge in [-0.3, -0.25) is 4.79 Å². The zero-order valence-corrected chi connectivity index (χ0v) is 9.31. The van der Waals surface area contributed by atoms with Gasteiger partial charge in [-0.2, -0.15) is 0 Å². The summed E-state index contributed by atoms with van der Waals surface area (Å²) in [6, 6.07) is 3.11. The van der Waals surface area contributed by atoms with Crippen molar-refractivity contribution in [2.45, 2.75) is 32.7 Å². The van der Waals surface area contributed by atoms with E-state index in [2.05, 4.69) is 5.32 Å². The van der Waals surface area contributed by atoms with Crippen LogP contribution in [0.2, 0.25) is 5.22 Å². The second-order valence-corrected chi connectivity index (χ2v) is 4.17. The molecule has 14 heavy (non-hydrogen) atoms. The van der Waals surface area contributed by atoms with Crippen molar-refractivity contribution in [2.75, 3.05) is 0 Å². The molecule has 0 aliphatic carbocycles. The number of furan rings is 1.